The van der Waals surface area contributed by atoms with Crippen molar-refractivity contribution in [3.63, 3.8) is 0 Å². The van der Waals surface area contributed by atoms with Crippen LogP contribution in [-0.2, 0) is 20.8 Å². The molecule has 0 N–H and O–H groups in total. The number of hydrogen-bond donors (Lipinski definition) is 0. The molecule has 0 spiro atoms. The van der Waals surface area contributed by atoms with Crippen LogP contribution in [0.5, 0.6) is 0 Å². The summed E-state index contributed by atoms with van der Waals surface area (Å²) in [5.41, 5.74) is 1.66. The van der Waals surface area contributed by atoms with Gasteiger partial charge in [0.1, 0.15) is 12.2 Å². The van der Waals surface area contributed by atoms with Gasteiger partial charge in [-0.25, -0.2) is 9.59 Å². The summed E-state index contributed by atoms with van der Waals surface area (Å²) in [4.78, 5) is 28.1. The average Bonchev–Trinajstić information content (AvgIpc) is 3.02. The molecule has 1 aromatic rings. The number of nitrogens with zero attached hydrogens (tertiary/aromatic N) is 2. The van der Waals surface area contributed by atoms with Crippen molar-refractivity contribution in [1.82, 2.24) is 9.80 Å². The minimum Gasteiger partial charge on any atom is -0.457 e. The lowest BCUT2D eigenvalue weighted by Crippen LogP contribution is -2.60. The van der Waals surface area contributed by atoms with Crippen molar-refractivity contribution in [3.05, 3.63) is 33.8 Å². The molecule has 0 aromatic heterocycles. The fourth-order valence-corrected chi connectivity index (χ4v) is 4.24. The largest absolute Gasteiger partial charge is 0.457 e. The maximum Gasteiger partial charge on any atom is 0.410 e. The van der Waals surface area contributed by atoms with Crippen LogP contribution < -0.4 is 0 Å². The first kappa shape index (κ1) is 19.5. The van der Waals surface area contributed by atoms with Crippen LogP contribution in [0.4, 0.5) is 4.79 Å². The molecular weight excluding hydrogens is 384 g/mol. The van der Waals surface area contributed by atoms with Gasteiger partial charge in [-0.05, 0) is 26.8 Å². The number of hydrogen-bond acceptors (Lipinski definition) is 6. The fraction of sp³-hybridized carbons (Fsp3) is 0.600. The summed E-state index contributed by atoms with van der Waals surface area (Å²) in [6, 6.07) is 3.76. The zero-order valence-corrected chi connectivity index (χ0v) is 17.1. The van der Waals surface area contributed by atoms with Gasteiger partial charge in [0.2, 0.25) is 0 Å². The van der Waals surface area contributed by atoms with Gasteiger partial charge in [0.15, 0.2) is 0 Å². The van der Waals surface area contributed by atoms with Gasteiger partial charge in [0.25, 0.3) is 0 Å². The van der Waals surface area contributed by atoms with E-state index in [-0.39, 0.29) is 30.8 Å². The molecule has 28 heavy (non-hydrogen) atoms. The van der Waals surface area contributed by atoms with E-state index < -0.39 is 5.60 Å². The molecule has 4 rings (SSSR count). The summed E-state index contributed by atoms with van der Waals surface area (Å²) in [5, 5.41) is 0.555. The van der Waals surface area contributed by atoms with Gasteiger partial charge in [-0.3, -0.25) is 4.90 Å². The highest BCUT2D eigenvalue weighted by molar-refractivity contribution is 6.32. The van der Waals surface area contributed by atoms with Crippen LogP contribution in [0, 0.1) is 0 Å². The maximum atomic E-state index is 12.3. The maximum absolute atomic E-state index is 12.3. The van der Waals surface area contributed by atoms with E-state index in [0.29, 0.717) is 36.8 Å². The summed E-state index contributed by atoms with van der Waals surface area (Å²) in [7, 11) is 0. The van der Waals surface area contributed by atoms with E-state index in [1.807, 2.05) is 26.8 Å². The van der Waals surface area contributed by atoms with Crippen LogP contribution in [0.25, 0.3) is 0 Å². The number of carbonyl (C=O) groups is 2. The second-order valence-corrected chi connectivity index (χ2v) is 8.85. The minimum atomic E-state index is -0.502. The first-order valence-corrected chi connectivity index (χ1v) is 9.92. The Labute approximate surface area is 169 Å². The highest BCUT2D eigenvalue weighted by Gasteiger charge is 2.38. The third-order valence-corrected chi connectivity index (χ3v) is 5.78. The molecule has 0 unspecified atom stereocenters. The predicted molar refractivity (Wildman–Crippen MR) is 102 cm³/mol. The zero-order valence-electron chi connectivity index (χ0n) is 16.4. The number of rotatable bonds is 1. The molecule has 1 amide bonds. The van der Waals surface area contributed by atoms with E-state index in [2.05, 4.69) is 4.90 Å². The summed E-state index contributed by atoms with van der Waals surface area (Å²) < 4.78 is 16.7. The summed E-state index contributed by atoms with van der Waals surface area (Å²) in [6.45, 7) is 8.99. The molecule has 1 aromatic carbocycles. The molecule has 3 aliphatic heterocycles. The van der Waals surface area contributed by atoms with Crippen molar-refractivity contribution in [1.29, 1.82) is 0 Å². The molecule has 0 aliphatic carbocycles. The Morgan fingerprint density at radius 2 is 2.04 bits per heavy atom. The predicted octanol–water partition coefficient (Wildman–Crippen LogP) is 3.00. The van der Waals surface area contributed by atoms with E-state index >= 15 is 0 Å². The number of ether oxygens (including phenoxy) is 3. The average molecular weight is 409 g/mol. The lowest BCUT2D eigenvalue weighted by Gasteiger charge is -2.46. The molecule has 0 radical (unpaired) electrons. The van der Waals surface area contributed by atoms with Crippen LogP contribution in [-0.4, -0.2) is 66.3 Å². The molecule has 0 bridgehead atoms. The smallest absolute Gasteiger partial charge is 0.410 e. The number of carbonyl (C=O) groups excluding carboxylic acids is 2. The molecule has 152 valence electrons. The molecule has 8 heteroatoms. The van der Waals surface area contributed by atoms with Crippen LogP contribution in [0.1, 0.15) is 48.4 Å². The van der Waals surface area contributed by atoms with Crippen LogP contribution in [0.15, 0.2) is 12.1 Å². The van der Waals surface area contributed by atoms with E-state index in [1.165, 1.54) is 0 Å². The van der Waals surface area contributed by atoms with E-state index in [9.17, 15) is 9.59 Å². The zero-order chi connectivity index (χ0) is 20.1. The molecule has 2 atom stereocenters. The molecule has 2 fully saturated rings. The SMILES string of the molecule is CC(C)(C)OC(=O)N1CCN2C[C@@H](c3ccc4c(c3Cl)COC4=O)OC[C@@H]2C1. The lowest BCUT2D eigenvalue weighted by atomic mass is 9.99. The van der Waals surface area contributed by atoms with Gasteiger partial charge in [-0.2, -0.15) is 0 Å². The summed E-state index contributed by atoms with van der Waals surface area (Å²) in [6.07, 6.45) is -0.446. The number of amides is 1. The number of halogens is 1. The standard InChI is InChI=1S/C20H25ClN2O5/c1-20(2,3)28-19(25)23-7-6-22-9-16(26-10-12(22)8-23)14-5-4-13-15(17(14)21)11-27-18(13)24/h4-5,12,16H,6-11H2,1-3H3/t12-,16-/m0/s1. The number of fused-ring (bicyclic) bond motifs is 2. The topological polar surface area (TPSA) is 68.3 Å². The number of esters is 1. The van der Waals surface area contributed by atoms with Gasteiger partial charge in [-0.15, -0.1) is 0 Å². The number of cyclic esters (lactones) is 1. The highest BCUT2D eigenvalue weighted by Crippen LogP contribution is 2.37. The van der Waals surface area contributed by atoms with Crippen molar-refractivity contribution in [2.45, 2.75) is 45.1 Å². The van der Waals surface area contributed by atoms with Crippen molar-refractivity contribution in [2.24, 2.45) is 0 Å². The van der Waals surface area contributed by atoms with Crippen molar-refractivity contribution < 1.29 is 23.8 Å². The van der Waals surface area contributed by atoms with E-state index in [1.54, 1.807) is 11.0 Å². The monoisotopic (exact) mass is 408 g/mol. The van der Waals surface area contributed by atoms with Gasteiger partial charge in [0, 0.05) is 37.3 Å². The van der Waals surface area contributed by atoms with E-state index in [0.717, 1.165) is 17.7 Å². The number of morpholine rings is 1. The number of benzene rings is 1. The van der Waals surface area contributed by atoms with Crippen LogP contribution in [0.3, 0.4) is 0 Å². The second-order valence-electron chi connectivity index (χ2n) is 8.47. The molecule has 3 heterocycles. The Bertz CT molecular complexity index is 807. The van der Waals surface area contributed by atoms with Crippen molar-refractivity contribution >= 4 is 23.7 Å². The quantitative estimate of drug-likeness (QED) is 0.665. The molecule has 2 saturated heterocycles. The second kappa shape index (κ2) is 7.21. The van der Waals surface area contributed by atoms with E-state index in [4.69, 9.17) is 25.8 Å². The molecule has 3 aliphatic rings. The Hall–Kier alpha value is -1.83. The van der Waals surface area contributed by atoms with Gasteiger partial charge in [0.05, 0.1) is 29.3 Å². The van der Waals surface area contributed by atoms with Crippen LogP contribution in [0.2, 0.25) is 5.02 Å². The molecule has 7 nitrogen and oxygen atoms in total. The molecule has 0 saturated carbocycles. The van der Waals surface area contributed by atoms with Crippen molar-refractivity contribution in [2.75, 3.05) is 32.8 Å². The third-order valence-electron chi connectivity index (χ3n) is 5.33. The Balaban J connectivity index is 1.42. The van der Waals surface area contributed by atoms with Gasteiger partial charge in [-0.1, -0.05) is 17.7 Å². The van der Waals surface area contributed by atoms with Crippen LogP contribution >= 0.6 is 11.6 Å². The van der Waals surface area contributed by atoms with Crippen molar-refractivity contribution in [3.8, 4) is 0 Å². The third kappa shape index (κ3) is 3.71. The highest BCUT2D eigenvalue weighted by atomic mass is 35.5. The first-order chi connectivity index (χ1) is 13.2. The minimum absolute atomic E-state index is 0.135. The Kier molecular flexibility index (Phi) is 5.02. The molecular formula is C20H25ClN2O5. The normalized spacial score (nSPS) is 25.1. The fourth-order valence-electron chi connectivity index (χ4n) is 3.90. The lowest BCUT2D eigenvalue weighted by molar-refractivity contribution is -0.0906. The first-order valence-electron chi connectivity index (χ1n) is 9.55. The Morgan fingerprint density at radius 1 is 1.25 bits per heavy atom. The Morgan fingerprint density at radius 3 is 2.79 bits per heavy atom. The van der Waals surface area contributed by atoms with Gasteiger partial charge < -0.3 is 19.1 Å². The summed E-state index contributed by atoms with van der Waals surface area (Å²) in [5.74, 6) is -0.327. The van der Waals surface area contributed by atoms with Gasteiger partial charge >= 0.3 is 12.1 Å². The number of piperazine rings is 1. The summed E-state index contributed by atoms with van der Waals surface area (Å²) >= 11 is 6.55.